The summed E-state index contributed by atoms with van der Waals surface area (Å²) in [6.45, 7) is 1.30. The fourth-order valence-corrected chi connectivity index (χ4v) is 3.59. The zero-order valence-corrected chi connectivity index (χ0v) is 16.0. The van der Waals surface area contributed by atoms with Gasteiger partial charge in [-0.2, -0.15) is 5.10 Å². The molecule has 0 aromatic carbocycles. The number of hydrogen-bond donors (Lipinski definition) is 1. The van der Waals surface area contributed by atoms with E-state index in [0.717, 1.165) is 17.4 Å². The minimum absolute atomic E-state index is 0.0530. The number of rotatable bonds is 6. The highest BCUT2D eigenvalue weighted by Crippen LogP contribution is 2.47. The highest BCUT2D eigenvalue weighted by Gasteiger charge is 2.44. The largest absolute Gasteiger partial charge is 0.383 e. The lowest BCUT2D eigenvalue weighted by Gasteiger charge is -2.06. The standard InChI is InChI=1S/C18H17Cl2N5O2/c1-27-3-2-25-9-11(7-22-25)12-6-13(12)18(26)24-16-5-10-4-15(19)23-17(20)14(10)8-21-16/h4-5,7-9,12-13H,2-3,6H2,1H3,(H,21,24,26)/t12-,13+/m0/s1. The first kappa shape index (κ1) is 18.2. The monoisotopic (exact) mass is 405 g/mol. The van der Waals surface area contributed by atoms with Gasteiger partial charge in [-0.15, -0.1) is 0 Å². The van der Waals surface area contributed by atoms with Gasteiger partial charge in [0.1, 0.15) is 16.1 Å². The van der Waals surface area contributed by atoms with E-state index in [1.54, 1.807) is 25.4 Å². The van der Waals surface area contributed by atoms with E-state index in [9.17, 15) is 4.79 Å². The quantitative estimate of drug-likeness (QED) is 0.634. The Kier molecular flexibility index (Phi) is 4.99. The summed E-state index contributed by atoms with van der Waals surface area (Å²) < 4.78 is 6.88. The zero-order valence-electron chi connectivity index (χ0n) is 14.5. The molecule has 0 bridgehead atoms. The molecule has 140 valence electrons. The summed E-state index contributed by atoms with van der Waals surface area (Å²) in [7, 11) is 1.66. The third-order valence-corrected chi connectivity index (χ3v) is 5.10. The van der Waals surface area contributed by atoms with Gasteiger partial charge >= 0.3 is 0 Å². The number of fused-ring (bicyclic) bond motifs is 1. The van der Waals surface area contributed by atoms with Crippen LogP contribution in [0.15, 0.2) is 30.7 Å². The molecule has 1 saturated carbocycles. The average Bonchev–Trinajstić information content (AvgIpc) is 3.30. The van der Waals surface area contributed by atoms with Crippen LogP contribution in [0.25, 0.3) is 10.8 Å². The van der Waals surface area contributed by atoms with Crippen LogP contribution in [0.3, 0.4) is 0 Å². The number of halogens is 2. The van der Waals surface area contributed by atoms with Crippen LogP contribution < -0.4 is 5.32 Å². The Balaban J connectivity index is 1.43. The molecule has 9 heteroatoms. The number of aromatic nitrogens is 4. The minimum atomic E-state index is -0.0767. The molecular weight excluding hydrogens is 389 g/mol. The molecule has 0 aliphatic heterocycles. The predicted molar refractivity (Wildman–Crippen MR) is 103 cm³/mol. The third kappa shape index (κ3) is 3.90. The molecule has 0 unspecified atom stereocenters. The summed E-state index contributed by atoms with van der Waals surface area (Å²) in [5, 5.41) is 9.22. The molecule has 1 N–H and O–H groups in total. The maximum absolute atomic E-state index is 12.5. The summed E-state index contributed by atoms with van der Waals surface area (Å²) in [6, 6.07) is 3.43. The number of nitrogens with one attached hydrogen (secondary N) is 1. The van der Waals surface area contributed by atoms with Crippen molar-refractivity contribution in [3.8, 4) is 0 Å². The molecule has 3 aromatic rings. The number of anilines is 1. The van der Waals surface area contributed by atoms with Gasteiger partial charge in [-0.1, -0.05) is 23.2 Å². The van der Waals surface area contributed by atoms with E-state index in [1.165, 1.54) is 0 Å². The van der Waals surface area contributed by atoms with Crippen molar-refractivity contribution in [2.45, 2.75) is 18.9 Å². The van der Waals surface area contributed by atoms with Crippen molar-refractivity contribution in [2.24, 2.45) is 5.92 Å². The molecule has 1 aliphatic rings. The van der Waals surface area contributed by atoms with Crippen molar-refractivity contribution < 1.29 is 9.53 Å². The Bertz CT molecular complexity index is 1010. The van der Waals surface area contributed by atoms with Crippen LogP contribution in [-0.4, -0.2) is 39.4 Å². The molecular formula is C18H17Cl2N5O2. The Morgan fingerprint density at radius 3 is 3.04 bits per heavy atom. The van der Waals surface area contributed by atoms with E-state index in [0.29, 0.717) is 29.5 Å². The van der Waals surface area contributed by atoms with E-state index in [-0.39, 0.29) is 22.9 Å². The van der Waals surface area contributed by atoms with Crippen molar-refractivity contribution in [3.05, 3.63) is 46.6 Å². The second-order valence-electron chi connectivity index (χ2n) is 6.49. The van der Waals surface area contributed by atoms with Crippen molar-refractivity contribution >= 4 is 45.7 Å². The Hall–Kier alpha value is -2.22. The zero-order chi connectivity index (χ0) is 19.0. The minimum Gasteiger partial charge on any atom is -0.383 e. The van der Waals surface area contributed by atoms with E-state index < -0.39 is 0 Å². The first-order valence-corrected chi connectivity index (χ1v) is 9.24. The molecule has 1 fully saturated rings. The molecule has 0 spiro atoms. The van der Waals surface area contributed by atoms with Gasteiger partial charge in [-0.05, 0) is 35.4 Å². The number of carbonyl (C=O) groups is 1. The normalized spacial score (nSPS) is 18.6. The van der Waals surface area contributed by atoms with Gasteiger partial charge in [0, 0.05) is 30.8 Å². The predicted octanol–water partition coefficient (Wildman–Crippen LogP) is 3.52. The van der Waals surface area contributed by atoms with E-state index in [1.807, 2.05) is 17.1 Å². The van der Waals surface area contributed by atoms with E-state index in [2.05, 4.69) is 20.4 Å². The van der Waals surface area contributed by atoms with Crippen molar-refractivity contribution in [3.63, 3.8) is 0 Å². The first-order valence-electron chi connectivity index (χ1n) is 8.49. The highest BCUT2D eigenvalue weighted by atomic mass is 35.5. The number of hydrogen-bond acceptors (Lipinski definition) is 5. The molecule has 2 atom stereocenters. The summed E-state index contributed by atoms with van der Waals surface area (Å²) in [6.07, 6.45) is 6.18. The van der Waals surface area contributed by atoms with Crippen LogP contribution in [0.5, 0.6) is 0 Å². The molecule has 3 aromatic heterocycles. The van der Waals surface area contributed by atoms with Gasteiger partial charge in [-0.25, -0.2) is 9.97 Å². The molecule has 1 aliphatic carbocycles. The van der Waals surface area contributed by atoms with Crippen molar-refractivity contribution in [1.29, 1.82) is 0 Å². The topological polar surface area (TPSA) is 81.9 Å². The van der Waals surface area contributed by atoms with Gasteiger partial charge in [0.2, 0.25) is 5.91 Å². The van der Waals surface area contributed by atoms with Gasteiger partial charge in [0.05, 0.1) is 19.3 Å². The van der Waals surface area contributed by atoms with Crippen LogP contribution in [0.1, 0.15) is 17.9 Å². The number of amides is 1. The second kappa shape index (κ2) is 7.42. The van der Waals surface area contributed by atoms with Gasteiger partial charge in [0.15, 0.2) is 0 Å². The van der Waals surface area contributed by atoms with Crippen LogP contribution in [0.2, 0.25) is 10.3 Å². The van der Waals surface area contributed by atoms with Crippen molar-refractivity contribution in [1.82, 2.24) is 19.7 Å². The molecule has 1 amide bonds. The second-order valence-corrected chi connectivity index (χ2v) is 7.24. The smallest absolute Gasteiger partial charge is 0.229 e. The lowest BCUT2D eigenvalue weighted by atomic mass is 10.2. The molecule has 7 nitrogen and oxygen atoms in total. The molecule has 0 radical (unpaired) electrons. The van der Waals surface area contributed by atoms with Gasteiger partial charge in [-0.3, -0.25) is 9.48 Å². The highest BCUT2D eigenvalue weighted by molar-refractivity contribution is 6.36. The summed E-state index contributed by atoms with van der Waals surface area (Å²) in [5.41, 5.74) is 1.07. The number of methoxy groups -OCH3 is 1. The lowest BCUT2D eigenvalue weighted by molar-refractivity contribution is -0.117. The van der Waals surface area contributed by atoms with Crippen LogP contribution in [-0.2, 0) is 16.1 Å². The van der Waals surface area contributed by atoms with Crippen molar-refractivity contribution in [2.75, 3.05) is 19.0 Å². The lowest BCUT2D eigenvalue weighted by Crippen LogP contribution is -2.15. The molecule has 3 heterocycles. The van der Waals surface area contributed by atoms with Crippen LogP contribution >= 0.6 is 23.2 Å². The average molecular weight is 406 g/mol. The SMILES string of the molecule is COCCn1cc([C@@H]2C[C@H]2C(=O)Nc2cc3cc(Cl)nc(Cl)c3cn2)cn1. The third-order valence-electron chi connectivity index (χ3n) is 4.62. The Morgan fingerprint density at radius 1 is 1.37 bits per heavy atom. The van der Waals surface area contributed by atoms with E-state index in [4.69, 9.17) is 27.9 Å². The van der Waals surface area contributed by atoms with Crippen LogP contribution in [0.4, 0.5) is 5.82 Å². The summed E-state index contributed by atoms with van der Waals surface area (Å²) in [5.74, 6) is 0.525. The molecule has 27 heavy (non-hydrogen) atoms. The fourth-order valence-electron chi connectivity index (χ4n) is 3.10. The maximum Gasteiger partial charge on any atom is 0.229 e. The first-order chi connectivity index (χ1) is 13.0. The number of pyridine rings is 2. The van der Waals surface area contributed by atoms with Gasteiger partial charge in [0.25, 0.3) is 0 Å². The molecule has 4 rings (SSSR count). The summed E-state index contributed by atoms with van der Waals surface area (Å²) in [4.78, 5) is 20.8. The van der Waals surface area contributed by atoms with Gasteiger partial charge < -0.3 is 10.1 Å². The fraction of sp³-hybridized carbons (Fsp3) is 0.333. The van der Waals surface area contributed by atoms with E-state index >= 15 is 0 Å². The number of ether oxygens (including phenoxy) is 1. The Labute approximate surface area is 165 Å². The summed E-state index contributed by atoms with van der Waals surface area (Å²) >= 11 is 12.0. The number of nitrogens with zero attached hydrogens (tertiary/aromatic N) is 4. The Morgan fingerprint density at radius 2 is 2.22 bits per heavy atom. The molecule has 0 saturated heterocycles. The maximum atomic E-state index is 12.5. The number of carbonyl (C=O) groups excluding carboxylic acids is 1. The van der Waals surface area contributed by atoms with Crippen LogP contribution in [0, 0.1) is 5.92 Å².